The molecule has 0 aliphatic heterocycles. The Morgan fingerprint density at radius 2 is 0.494 bits per heavy atom. The normalized spacial score (nSPS) is 11.0. The third-order valence-corrected chi connectivity index (χ3v) is 15.3. The van der Waals surface area contributed by atoms with E-state index in [1.807, 2.05) is 25.1 Å². The molecule has 0 amide bonds. The van der Waals surface area contributed by atoms with Crippen molar-refractivity contribution in [1.82, 2.24) is 15.0 Å². The highest BCUT2D eigenvalue weighted by Crippen LogP contribution is 2.31. The maximum absolute atomic E-state index is 10.1. The molecule has 0 N–H and O–H groups in total. The van der Waals surface area contributed by atoms with Crippen molar-refractivity contribution in [2.24, 2.45) is 0 Å². The molecule has 0 saturated heterocycles. The minimum Gasteiger partial charge on any atom is -0.298 e. The largest absolute Gasteiger partial charge is 0.298 e. The summed E-state index contributed by atoms with van der Waals surface area (Å²) in [7, 11) is 0. The van der Waals surface area contributed by atoms with Crippen LogP contribution in [0.3, 0.4) is 0 Å². The zero-order chi connectivity index (χ0) is 59.2. The van der Waals surface area contributed by atoms with E-state index in [-0.39, 0.29) is 0 Å². The quantitative estimate of drug-likeness (QED) is 0.114. The Morgan fingerprint density at radius 1 is 0.230 bits per heavy atom. The first-order chi connectivity index (χ1) is 42.9. The topological polar surface area (TPSA) is 72.8 Å². The molecule has 0 radical (unpaired) electrons. The second-order valence-corrected chi connectivity index (χ2v) is 21.2. The smallest absolute Gasteiger partial charge is 0.150 e. The van der Waals surface area contributed by atoms with Gasteiger partial charge < -0.3 is 0 Å². The minimum absolute atomic E-state index is 0.589. The van der Waals surface area contributed by atoms with Crippen LogP contribution < -0.4 is 0 Å². The maximum Gasteiger partial charge on any atom is 0.150 e. The Balaban J connectivity index is 0.000000182. The van der Waals surface area contributed by atoms with Crippen molar-refractivity contribution < 1.29 is 9.59 Å². The molecule has 87 heavy (non-hydrogen) atoms. The van der Waals surface area contributed by atoms with Gasteiger partial charge in [0.2, 0.25) is 0 Å². The summed E-state index contributed by atoms with van der Waals surface area (Å²) in [4.78, 5) is 34.6. The van der Waals surface area contributed by atoms with Crippen LogP contribution in [-0.2, 0) is 0 Å². The van der Waals surface area contributed by atoms with Crippen LogP contribution in [0.5, 0.6) is 0 Å². The fourth-order valence-corrected chi connectivity index (χ4v) is 10.4. The number of aromatic nitrogens is 3. The molecule has 0 fully saturated rings. The molecule has 414 valence electrons. The van der Waals surface area contributed by atoms with Gasteiger partial charge in [-0.05, 0) is 152 Å². The first-order valence-corrected chi connectivity index (χ1v) is 29.0. The highest BCUT2D eigenvalue weighted by molar-refractivity contribution is 5.89. The summed E-state index contributed by atoms with van der Waals surface area (Å²) < 4.78 is 0. The first kappa shape index (κ1) is 56.0. The van der Waals surface area contributed by atoms with Crippen LogP contribution in [0.15, 0.2) is 303 Å². The van der Waals surface area contributed by atoms with E-state index in [0.717, 1.165) is 68.1 Å². The third-order valence-electron chi connectivity index (χ3n) is 15.3. The van der Waals surface area contributed by atoms with Gasteiger partial charge in [-0.1, -0.05) is 261 Å². The molecule has 0 aliphatic rings. The number of pyridine rings is 3. The molecule has 11 aromatic carbocycles. The van der Waals surface area contributed by atoms with Crippen LogP contribution in [0, 0.1) is 6.92 Å². The summed E-state index contributed by atoms with van der Waals surface area (Å²) in [6.07, 6.45) is 9.86. The molecule has 5 heteroatoms. The number of nitrogens with zero attached hydrogens (tertiary/aromatic N) is 3. The van der Waals surface area contributed by atoms with E-state index in [9.17, 15) is 9.59 Å². The molecular formula is C82H59N3O2. The minimum atomic E-state index is 0.589. The molecule has 3 aromatic heterocycles. The van der Waals surface area contributed by atoms with Crippen LogP contribution in [0.25, 0.3) is 124 Å². The number of benzene rings is 11. The zero-order valence-corrected chi connectivity index (χ0v) is 48.0. The molecule has 5 nitrogen and oxygen atoms in total. The van der Waals surface area contributed by atoms with E-state index in [2.05, 4.69) is 290 Å². The number of fused-ring (bicyclic) bond motifs is 3. The summed E-state index contributed by atoms with van der Waals surface area (Å²) in [5.41, 5.74) is 24.0. The fourth-order valence-electron chi connectivity index (χ4n) is 10.4. The second kappa shape index (κ2) is 26.8. The van der Waals surface area contributed by atoms with Crippen LogP contribution >= 0.6 is 0 Å². The van der Waals surface area contributed by atoms with Gasteiger partial charge in [-0.2, -0.15) is 0 Å². The number of aryl methyl sites for hydroxylation is 1. The molecule has 14 aromatic rings. The van der Waals surface area contributed by atoms with E-state index in [1.54, 1.807) is 24.3 Å². The fraction of sp³-hybridized carbons (Fsp3) is 0.0122. The average Bonchev–Trinajstić information content (AvgIpc) is 3.73. The molecule has 3 heterocycles. The summed E-state index contributed by atoms with van der Waals surface area (Å²) in [6, 6.07) is 105. The Bertz CT molecular complexity index is 4490. The lowest BCUT2D eigenvalue weighted by atomic mass is 9.99. The first-order valence-electron chi connectivity index (χ1n) is 29.0. The van der Waals surface area contributed by atoms with Gasteiger partial charge in [0.25, 0.3) is 0 Å². The number of carbonyl (C=O) groups is 2. The van der Waals surface area contributed by atoms with Gasteiger partial charge in [-0.3, -0.25) is 14.6 Å². The predicted octanol–water partition coefficient (Wildman–Crippen LogP) is 21.0. The van der Waals surface area contributed by atoms with Gasteiger partial charge in [0, 0.05) is 33.0 Å². The summed E-state index contributed by atoms with van der Waals surface area (Å²) in [6.45, 7) is 2.02. The van der Waals surface area contributed by atoms with Crippen molar-refractivity contribution in [3.63, 3.8) is 0 Å². The number of carbonyl (C=O) groups excluding carboxylic acids is 2. The number of aldehydes is 2. The Kier molecular flexibility index (Phi) is 17.2. The van der Waals surface area contributed by atoms with Gasteiger partial charge in [0.1, 0.15) is 12.6 Å². The summed E-state index contributed by atoms with van der Waals surface area (Å²) in [5.74, 6) is 0. The molecular weight excluding hydrogens is 1060 g/mol. The molecule has 0 atom stereocenters. The van der Waals surface area contributed by atoms with Crippen molar-refractivity contribution in [2.75, 3.05) is 0 Å². The van der Waals surface area contributed by atoms with Crippen molar-refractivity contribution in [3.8, 4) is 66.8 Å². The third kappa shape index (κ3) is 14.1. The Morgan fingerprint density at radius 3 is 0.816 bits per heavy atom. The van der Waals surface area contributed by atoms with E-state index in [0.29, 0.717) is 11.1 Å². The summed E-state index contributed by atoms with van der Waals surface area (Å²) in [5, 5.41) is 3.44. The molecule has 0 spiro atoms. The van der Waals surface area contributed by atoms with Gasteiger partial charge in [0.15, 0.2) is 0 Å². The van der Waals surface area contributed by atoms with Crippen LogP contribution in [0.4, 0.5) is 0 Å². The lowest BCUT2D eigenvalue weighted by Gasteiger charge is -2.07. The SMILES string of the molecule is C(=C\c1ccc2cc(-c3ccc(-c4ccccc4)cc3)ccc2n1)/c1ccc(/C=C/c2ccc3cc(-c4ccc(-c5ccccc5)cc4)ccc3n2)cc1.Cc1ccc2cc(-c3ccc(-c4ccccc4)cc3)ccc2n1.O=Cc1ccc(C=O)cc1. The highest BCUT2D eigenvalue weighted by Gasteiger charge is 2.07. The molecule has 0 bridgehead atoms. The van der Waals surface area contributed by atoms with Crippen molar-refractivity contribution in [3.05, 3.63) is 343 Å². The van der Waals surface area contributed by atoms with Crippen LogP contribution in [0.1, 0.15) is 48.9 Å². The average molecular weight is 1120 g/mol. The molecule has 14 rings (SSSR count). The molecule has 0 aliphatic carbocycles. The van der Waals surface area contributed by atoms with E-state index >= 15 is 0 Å². The lowest BCUT2D eigenvalue weighted by Crippen LogP contribution is -1.86. The van der Waals surface area contributed by atoms with Crippen molar-refractivity contribution >= 4 is 69.6 Å². The van der Waals surface area contributed by atoms with Gasteiger partial charge in [0.05, 0.1) is 27.9 Å². The number of rotatable bonds is 12. The van der Waals surface area contributed by atoms with Crippen molar-refractivity contribution in [2.45, 2.75) is 6.92 Å². The predicted molar refractivity (Wildman–Crippen MR) is 364 cm³/mol. The van der Waals surface area contributed by atoms with Gasteiger partial charge >= 0.3 is 0 Å². The monoisotopic (exact) mass is 1120 g/mol. The van der Waals surface area contributed by atoms with E-state index in [4.69, 9.17) is 9.97 Å². The van der Waals surface area contributed by atoms with Crippen molar-refractivity contribution in [1.29, 1.82) is 0 Å². The van der Waals surface area contributed by atoms with Crippen LogP contribution in [0.2, 0.25) is 0 Å². The zero-order valence-electron chi connectivity index (χ0n) is 48.0. The number of hydrogen-bond donors (Lipinski definition) is 0. The van der Waals surface area contributed by atoms with Gasteiger partial charge in [-0.15, -0.1) is 0 Å². The van der Waals surface area contributed by atoms with Gasteiger partial charge in [-0.25, -0.2) is 9.97 Å². The summed E-state index contributed by atoms with van der Waals surface area (Å²) >= 11 is 0. The Hall–Kier alpha value is -11.5. The molecule has 0 unspecified atom stereocenters. The lowest BCUT2D eigenvalue weighted by molar-refractivity contribution is 0.111. The highest BCUT2D eigenvalue weighted by atomic mass is 16.1. The van der Waals surface area contributed by atoms with Crippen LogP contribution in [-0.4, -0.2) is 27.5 Å². The Labute approximate surface area is 507 Å². The van der Waals surface area contributed by atoms with E-state index in [1.165, 1.54) is 72.1 Å². The van der Waals surface area contributed by atoms with E-state index < -0.39 is 0 Å². The second-order valence-electron chi connectivity index (χ2n) is 21.2. The standard InChI is InChI=1S/C52H36N2.C22H17N.C8H6O2/c1-3-7-39(8-4-1)41-17-21-43(22-18-41)45-27-33-51-47(35-45)25-31-49(53-51)29-15-37-11-13-38(14-12-37)16-30-50-32-26-48-36-46(28-34-52(48)54-50)44-23-19-42(20-24-44)40-9-5-2-6-10-40;1-16-7-8-21-15-20(13-14-22(21)23-16)19-11-9-18(10-12-19)17-5-3-2-4-6-17;9-5-7-1-2-8(6-10)4-3-7/h1-36H;2-15H,1H3;1-6H/b29-15+,30-16+;;. The maximum atomic E-state index is 10.1. The number of hydrogen-bond acceptors (Lipinski definition) is 5. The molecule has 0 saturated carbocycles.